The molecule has 0 saturated carbocycles. The molecule has 0 aromatic rings. The summed E-state index contributed by atoms with van der Waals surface area (Å²) in [6, 6.07) is 0. The first-order valence-corrected chi connectivity index (χ1v) is 11.4. The Morgan fingerprint density at radius 3 is 1.19 bits per heavy atom. The molecule has 3 heteroatoms. The second kappa shape index (κ2) is 21.9. The van der Waals surface area contributed by atoms with Crippen LogP contribution in [0.3, 0.4) is 0 Å². The third-order valence-corrected chi connectivity index (χ3v) is 5.05. The number of unbranched alkanes of at least 4 members (excludes halogenated alkanes) is 15. The molecule has 0 radical (unpaired) electrons. The third-order valence-electron chi connectivity index (χ3n) is 5.05. The van der Waals surface area contributed by atoms with Crippen LogP contribution in [0.5, 0.6) is 0 Å². The molecule has 26 heavy (non-hydrogen) atoms. The van der Waals surface area contributed by atoms with E-state index in [1.165, 1.54) is 103 Å². The second-order valence-corrected chi connectivity index (χ2v) is 8.93. The van der Waals surface area contributed by atoms with Crippen LogP contribution in [0.1, 0.15) is 110 Å². The predicted octanol–water partition coefficient (Wildman–Crippen LogP) is 3.97. The Morgan fingerprint density at radius 2 is 0.846 bits per heavy atom. The van der Waals surface area contributed by atoms with Crippen LogP contribution in [0.4, 0.5) is 0 Å². The molecular formula is C23H50INO. The summed E-state index contributed by atoms with van der Waals surface area (Å²) in [6.45, 7) is 5.27. The van der Waals surface area contributed by atoms with E-state index in [1.54, 1.807) is 0 Å². The molecule has 2 nitrogen and oxygen atoms in total. The molecule has 0 aliphatic carbocycles. The Labute approximate surface area is 183 Å². The Hall–Kier alpha value is 0.650. The monoisotopic (exact) mass is 483 g/mol. The second-order valence-electron chi connectivity index (χ2n) is 8.93. The molecule has 0 rings (SSSR count). The summed E-state index contributed by atoms with van der Waals surface area (Å²) in [6.07, 6.45) is 22.9. The molecule has 0 fully saturated rings. The van der Waals surface area contributed by atoms with Gasteiger partial charge in [-0.05, 0) is 6.42 Å². The average Bonchev–Trinajstić information content (AvgIpc) is 2.56. The highest BCUT2D eigenvalue weighted by Gasteiger charge is 2.05. The van der Waals surface area contributed by atoms with E-state index in [0.717, 1.165) is 24.2 Å². The van der Waals surface area contributed by atoms with Crippen LogP contribution < -0.4 is 24.0 Å². The van der Waals surface area contributed by atoms with Crippen molar-refractivity contribution >= 4 is 0 Å². The third kappa shape index (κ3) is 26.9. The number of hydrogen-bond donors (Lipinski definition) is 0. The Kier molecular flexibility index (Phi) is 24.4. The van der Waals surface area contributed by atoms with Crippen molar-refractivity contribution in [3.05, 3.63) is 0 Å². The van der Waals surface area contributed by atoms with Gasteiger partial charge in [-0.2, -0.15) is 0 Å². The van der Waals surface area contributed by atoms with Gasteiger partial charge in [0.05, 0.1) is 27.7 Å². The lowest BCUT2D eigenvalue weighted by atomic mass is 10.0. The molecule has 0 aliphatic heterocycles. The summed E-state index contributed by atoms with van der Waals surface area (Å²) >= 11 is 0. The van der Waals surface area contributed by atoms with Crippen molar-refractivity contribution < 1.29 is 33.2 Å². The van der Waals surface area contributed by atoms with Crippen molar-refractivity contribution in [2.75, 3.05) is 40.9 Å². The van der Waals surface area contributed by atoms with E-state index >= 15 is 0 Å². The van der Waals surface area contributed by atoms with Crippen LogP contribution in [-0.2, 0) is 4.74 Å². The van der Waals surface area contributed by atoms with Gasteiger partial charge in [-0.3, -0.25) is 0 Å². The fraction of sp³-hybridized carbons (Fsp3) is 1.00. The first kappa shape index (κ1) is 28.9. The van der Waals surface area contributed by atoms with Gasteiger partial charge < -0.3 is 33.2 Å². The maximum Gasteiger partial charge on any atom is 0.102 e. The lowest BCUT2D eigenvalue weighted by Crippen LogP contribution is -3.00. The first-order valence-electron chi connectivity index (χ1n) is 11.4. The van der Waals surface area contributed by atoms with E-state index < -0.39 is 0 Å². The summed E-state index contributed by atoms with van der Waals surface area (Å²) in [5.74, 6) is 0. The van der Waals surface area contributed by atoms with Crippen LogP contribution in [0.25, 0.3) is 0 Å². The van der Waals surface area contributed by atoms with Gasteiger partial charge in [0, 0.05) is 6.61 Å². The predicted molar refractivity (Wildman–Crippen MR) is 113 cm³/mol. The Balaban J connectivity index is 0. The van der Waals surface area contributed by atoms with Gasteiger partial charge in [0.15, 0.2) is 0 Å². The van der Waals surface area contributed by atoms with Crippen molar-refractivity contribution in [2.45, 2.75) is 110 Å². The topological polar surface area (TPSA) is 9.23 Å². The fourth-order valence-electron chi connectivity index (χ4n) is 3.19. The van der Waals surface area contributed by atoms with E-state index in [2.05, 4.69) is 28.1 Å². The lowest BCUT2D eigenvalue weighted by Gasteiger charge is -2.23. The van der Waals surface area contributed by atoms with Crippen molar-refractivity contribution in [3.8, 4) is 0 Å². The number of ether oxygens (including phenoxy) is 1. The quantitative estimate of drug-likeness (QED) is 0.145. The number of hydrogen-bond acceptors (Lipinski definition) is 1. The highest BCUT2D eigenvalue weighted by Crippen LogP contribution is 2.13. The number of quaternary nitrogens is 1. The van der Waals surface area contributed by atoms with E-state index in [-0.39, 0.29) is 24.0 Å². The van der Waals surface area contributed by atoms with Gasteiger partial charge >= 0.3 is 0 Å². The molecule has 160 valence electrons. The minimum atomic E-state index is 0. The first-order chi connectivity index (χ1) is 12.1. The van der Waals surface area contributed by atoms with Gasteiger partial charge in [0.1, 0.15) is 6.54 Å². The summed E-state index contributed by atoms with van der Waals surface area (Å²) in [5, 5.41) is 0. The summed E-state index contributed by atoms with van der Waals surface area (Å²) < 4.78 is 6.71. The van der Waals surface area contributed by atoms with E-state index in [9.17, 15) is 0 Å². The molecule has 0 atom stereocenters. The van der Waals surface area contributed by atoms with Gasteiger partial charge in [-0.15, -0.1) is 0 Å². The van der Waals surface area contributed by atoms with Gasteiger partial charge in [0.25, 0.3) is 0 Å². The fourth-order valence-corrected chi connectivity index (χ4v) is 3.19. The number of rotatable bonds is 20. The minimum absolute atomic E-state index is 0. The Morgan fingerprint density at radius 1 is 0.500 bits per heavy atom. The van der Waals surface area contributed by atoms with Crippen molar-refractivity contribution in [1.29, 1.82) is 0 Å². The van der Waals surface area contributed by atoms with Crippen LogP contribution in [-0.4, -0.2) is 45.4 Å². The highest BCUT2D eigenvalue weighted by atomic mass is 127. The molecule has 0 aromatic carbocycles. The highest BCUT2D eigenvalue weighted by molar-refractivity contribution is 4.50. The maximum atomic E-state index is 5.71. The molecule has 0 spiro atoms. The van der Waals surface area contributed by atoms with Crippen LogP contribution in [0, 0.1) is 0 Å². The molecule has 0 unspecified atom stereocenters. The number of nitrogens with zero attached hydrogens (tertiary/aromatic N) is 1. The SMILES string of the molecule is CCCCCCCCCCCCCCCCCCOCC[N+](C)(C)C.[I-]. The molecule has 0 saturated heterocycles. The number of likely N-dealkylation sites (N-methyl/N-ethyl adjacent to an activating group) is 1. The van der Waals surface area contributed by atoms with E-state index in [4.69, 9.17) is 4.74 Å². The summed E-state index contributed by atoms with van der Waals surface area (Å²) in [7, 11) is 6.66. The summed E-state index contributed by atoms with van der Waals surface area (Å²) in [4.78, 5) is 0. The van der Waals surface area contributed by atoms with Crippen LogP contribution >= 0.6 is 0 Å². The average molecular weight is 484 g/mol. The molecule has 0 amide bonds. The zero-order chi connectivity index (χ0) is 18.6. The van der Waals surface area contributed by atoms with E-state index in [0.29, 0.717) is 0 Å². The lowest BCUT2D eigenvalue weighted by molar-refractivity contribution is -0.870. The van der Waals surface area contributed by atoms with Gasteiger partial charge in [-0.1, -0.05) is 103 Å². The molecule has 0 N–H and O–H groups in total. The van der Waals surface area contributed by atoms with Crippen LogP contribution in [0.15, 0.2) is 0 Å². The smallest absolute Gasteiger partial charge is 0.102 e. The largest absolute Gasteiger partial charge is 1.00 e. The molecule has 0 bridgehead atoms. The minimum Gasteiger partial charge on any atom is -1.00 e. The zero-order valence-electron chi connectivity index (χ0n) is 18.7. The number of halogens is 1. The van der Waals surface area contributed by atoms with Crippen molar-refractivity contribution in [2.24, 2.45) is 0 Å². The van der Waals surface area contributed by atoms with Crippen molar-refractivity contribution in [3.63, 3.8) is 0 Å². The molecule has 0 heterocycles. The molecule has 0 aliphatic rings. The van der Waals surface area contributed by atoms with Gasteiger partial charge in [0.2, 0.25) is 0 Å². The summed E-state index contributed by atoms with van der Waals surface area (Å²) in [5.41, 5.74) is 0. The van der Waals surface area contributed by atoms with Crippen LogP contribution in [0.2, 0.25) is 0 Å². The standard InChI is InChI=1S/C23H50NO.HI/c1-5-6-7-8-9-10-11-12-13-14-15-16-17-18-19-20-22-25-23-21-24(2,3)4;/h5-23H2,1-4H3;1H/q+1;/p-1. The zero-order valence-corrected chi connectivity index (χ0v) is 20.8. The Bertz CT molecular complexity index is 253. The van der Waals surface area contributed by atoms with Gasteiger partial charge in [-0.25, -0.2) is 0 Å². The molecule has 0 aromatic heterocycles. The van der Waals surface area contributed by atoms with Crippen molar-refractivity contribution in [1.82, 2.24) is 0 Å². The molecular weight excluding hydrogens is 433 g/mol. The van der Waals surface area contributed by atoms with E-state index in [1.807, 2.05) is 0 Å². The normalized spacial score (nSPS) is 11.5. The maximum absolute atomic E-state index is 5.71.